The summed E-state index contributed by atoms with van der Waals surface area (Å²) < 4.78 is 40.1. The first-order valence-electron chi connectivity index (χ1n) is 9.87. The number of hydrogen-bond donors (Lipinski definition) is 0. The number of rotatable bonds is 3. The van der Waals surface area contributed by atoms with Crippen LogP contribution in [-0.2, 0) is 11.0 Å². The Bertz CT molecular complexity index is 1220. The van der Waals surface area contributed by atoms with Crippen molar-refractivity contribution in [1.82, 2.24) is 19.6 Å². The van der Waals surface area contributed by atoms with Crippen LogP contribution in [0.4, 0.5) is 19.0 Å². The Morgan fingerprint density at radius 3 is 2.65 bits per heavy atom. The van der Waals surface area contributed by atoms with Gasteiger partial charge in [-0.05, 0) is 37.0 Å². The summed E-state index contributed by atoms with van der Waals surface area (Å²) in [7, 11) is 0. The molecule has 1 amide bonds. The topological polar surface area (TPSA) is 87.2 Å². The Labute approximate surface area is 175 Å². The maximum Gasteiger partial charge on any atom is 0.433 e. The second kappa shape index (κ2) is 6.51. The summed E-state index contributed by atoms with van der Waals surface area (Å²) in [5.41, 5.74) is -0.795. The van der Waals surface area contributed by atoms with E-state index in [0.29, 0.717) is 29.1 Å². The summed E-state index contributed by atoms with van der Waals surface area (Å²) in [5.74, 6) is -0.0558. The molecule has 2 atom stereocenters. The number of carbonyl (C=O) groups is 1. The van der Waals surface area contributed by atoms with Crippen LogP contribution in [0.3, 0.4) is 0 Å². The molecule has 2 fully saturated rings. The number of nitriles is 1. The first-order valence-corrected chi connectivity index (χ1v) is 9.87. The molecule has 158 valence electrons. The molecule has 5 rings (SSSR count). The van der Waals surface area contributed by atoms with Gasteiger partial charge in [-0.1, -0.05) is 6.92 Å². The molecule has 4 heterocycles. The van der Waals surface area contributed by atoms with Crippen molar-refractivity contribution in [1.29, 1.82) is 5.26 Å². The van der Waals surface area contributed by atoms with Gasteiger partial charge in [-0.2, -0.15) is 23.5 Å². The molecule has 31 heavy (non-hydrogen) atoms. The number of aromatic nitrogens is 4. The number of carbonyl (C=O) groups excluding carboxylic acids is 1. The van der Waals surface area contributed by atoms with E-state index in [-0.39, 0.29) is 17.7 Å². The Balaban J connectivity index is 1.60. The number of anilines is 1. The molecule has 0 spiro atoms. The van der Waals surface area contributed by atoms with E-state index in [4.69, 9.17) is 0 Å². The van der Waals surface area contributed by atoms with Gasteiger partial charge >= 0.3 is 6.18 Å². The summed E-state index contributed by atoms with van der Waals surface area (Å²) in [5, 5.41) is 14.1. The van der Waals surface area contributed by atoms with Crippen LogP contribution in [0.5, 0.6) is 0 Å². The molecule has 0 bridgehead atoms. The number of nitrogens with zero attached hydrogens (tertiary/aromatic N) is 6. The average molecular weight is 426 g/mol. The monoisotopic (exact) mass is 426 g/mol. The third-order valence-corrected chi connectivity index (χ3v) is 6.21. The third kappa shape index (κ3) is 2.87. The van der Waals surface area contributed by atoms with Gasteiger partial charge in [0, 0.05) is 24.2 Å². The quantitative estimate of drug-likeness (QED) is 0.637. The summed E-state index contributed by atoms with van der Waals surface area (Å²) in [6, 6.07) is 6.17. The van der Waals surface area contributed by atoms with Crippen molar-refractivity contribution < 1.29 is 18.0 Å². The molecule has 1 aliphatic heterocycles. The van der Waals surface area contributed by atoms with E-state index in [2.05, 4.69) is 21.1 Å². The Morgan fingerprint density at radius 2 is 2.03 bits per heavy atom. The molecule has 0 N–H and O–H groups in total. The molecule has 7 nitrogen and oxygen atoms in total. The average Bonchev–Trinajstić information content (AvgIpc) is 3.42. The standard InChI is InChI=1S/C21H17F3N6O/c1-12-9-29(19(31)20(12,11-25)14-3-4-14)18-16-6-7-27-30(16)10-15(28-18)13-2-5-17(26-8-13)21(22,23)24/h2,5-8,10,12,14H,3-4,9H2,1H3/t12-,20+/m1/s1. The predicted molar refractivity (Wildman–Crippen MR) is 104 cm³/mol. The highest BCUT2D eigenvalue weighted by molar-refractivity contribution is 6.04. The fourth-order valence-electron chi connectivity index (χ4n) is 4.44. The molecule has 0 radical (unpaired) electrons. The second-order valence-corrected chi connectivity index (χ2v) is 8.11. The Hall–Kier alpha value is -3.48. The first-order chi connectivity index (χ1) is 14.8. The molecule has 0 aromatic carbocycles. The molecule has 1 saturated carbocycles. The number of hydrogen-bond acceptors (Lipinski definition) is 5. The molecule has 1 aliphatic carbocycles. The zero-order valence-electron chi connectivity index (χ0n) is 16.5. The van der Waals surface area contributed by atoms with Crippen LogP contribution < -0.4 is 4.90 Å². The lowest BCUT2D eigenvalue weighted by Gasteiger charge is -2.23. The number of alkyl halides is 3. The highest BCUT2D eigenvalue weighted by Crippen LogP contribution is 2.54. The Kier molecular flexibility index (Phi) is 4.09. The summed E-state index contributed by atoms with van der Waals surface area (Å²) in [6.07, 6.45) is 1.39. The molecule has 3 aromatic rings. The van der Waals surface area contributed by atoms with Crippen LogP contribution in [-0.4, -0.2) is 32.0 Å². The minimum Gasteiger partial charge on any atom is -0.293 e. The normalized spacial score (nSPS) is 24.0. The van der Waals surface area contributed by atoms with E-state index in [1.165, 1.54) is 15.5 Å². The van der Waals surface area contributed by atoms with E-state index in [0.717, 1.165) is 25.1 Å². The molecular formula is C21H17F3N6O. The van der Waals surface area contributed by atoms with Gasteiger partial charge in [0.05, 0.1) is 24.2 Å². The van der Waals surface area contributed by atoms with E-state index in [1.54, 1.807) is 18.5 Å². The van der Waals surface area contributed by atoms with Gasteiger partial charge in [0.25, 0.3) is 0 Å². The van der Waals surface area contributed by atoms with Crippen molar-refractivity contribution in [3.8, 4) is 17.3 Å². The molecule has 10 heteroatoms. The molecule has 1 saturated heterocycles. The number of halogens is 3. The highest BCUT2D eigenvalue weighted by Gasteiger charge is 2.61. The van der Waals surface area contributed by atoms with Gasteiger partial charge in [-0.15, -0.1) is 0 Å². The van der Waals surface area contributed by atoms with Gasteiger partial charge < -0.3 is 0 Å². The van der Waals surface area contributed by atoms with E-state index in [9.17, 15) is 23.2 Å². The molecular weight excluding hydrogens is 409 g/mol. The van der Waals surface area contributed by atoms with Crippen LogP contribution in [0.15, 0.2) is 36.8 Å². The molecule has 0 unspecified atom stereocenters. The maximum atomic E-state index is 13.4. The highest BCUT2D eigenvalue weighted by atomic mass is 19.4. The molecule has 3 aromatic heterocycles. The van der Waals surface area contributed by atoms with Gasteiger partial charge in [0.1, 0.15) is 16.6 Å². The number of fused-ring (bicyclic) bond motifs is 1. The lowest BCUT2D eigenvalue weighted by atomic mass is 9.75. The predicted octanol–water partition coefficient (Wildman–Crippen LogP) is 3.71. The van der Waals surface area contributed by atoms with Gasteiger partial charge in [-0.3, -0.25) is 14.7 Å². The van der Waals surface area contributed by atoms with E-state index in [1.807, 2.05) is 6.92 Å². The van der Waals surface area contributed by atoms with Crippen LogP contribution in [0.1, 0.15) is 25.5 Å². The second-order valence-electron chi connectivity index (χ2n) is 8.11. The molecule has 2 aliphatic rings. The van der Waals surface area contributed by atoms with Gasteiger partial charge in [-0.25, -0.2) is 9.50 Å². The van der Waals surface area contributed by atoms with Crippen molar-refractivity contribution in [2.24, 2.45) is 17.3 Å². The zero-order valence-corrected chi connectivity index (χ0v) is 16.5. The fraction of sp³-hybridized carbons (Fsp3) is 0.381. The first kappa shape index (κ1) is 19.5. The van der Waals surface area contributed by atoms with Crippen LogP contribution in [0.25, 0.3) is 16.8 Å². The number of amides is 1. The van der Waals surface area contributed by atoms with Crippen molar-refractivity contribution in [2.75, 3.05) is 11.4 Å². The van der Waals surface area contributed by atoms with E-state index >= 15 is 0 Å². The SMILES string of the molecule is C[C@@H]1CN(c2nc(-c3ccc(C(F)(F)F)nc3)cn3nccc23)C(=O)[C@]1(C#N)C1CC1. The van der Waals surface area contributed by atoms with Gasteiger partial charge in [0.15, 0.2) is 5.82 Å². The number of pyridine rings is 1. The van der Waals surface area contributed by atoms with Gasteiger partial charge in [0.2, 0.25) is 5.91 Å². The van der Waals surface area contributed by atoms with Crippen LogP contribution >= 0.6 is 0 Å². The van der Waals surface area contributed by atoms with Crippen molar-refractivity contribution >= 4 is 17.2 Å². The van der Waals surface area contributed by atoms with Crippen LogP contribution in [0, 0.1) is 28.6 Å². The van der Waals surface area contributed by atoms with Crippen molar-refractivity contribution in [3.63, 3.8) is 0 Å². The summed E-state index contributed by atoms with van der Waals surface area (Å²) in [6.45, 7) is 2.24. The largest absolute Gasteiger partial charge is 0.433 e. The minimum atomic E-state index is -4.54. The smallest absolute Gasteiger partial charge is 0.293 e. The fourth-order valence-corrected chi connectivity index (χ4v) is 4.44. The summed E-state index contributed by atoms with van der Waals surface area (Å²) in [4.78, 5) is 23.0. The third-order valence-electron chi connectivity index (χ3n) is 6.21. The summed E-state index contributed by atoms with van der Waals surface area (Å²) >= 11 is 0. The Morgan fingerprint density at radius 1 is 1.26 bits per heavy atom. The van der Waals surface area contributed by atoms with E-state index < -0.39 is 17.3 Å². The lowest BCUT2D eigenvalue weighted by molar-refractivity contribution is -0.141. The lowest BCUT2D eigenvalue weighted by Crippen LogP contribution is -2.37. The van der Waals surface area contributed by atoms with Crippen molar-refractivity contribution in [2.45, 2.75) is 25.9 Å². The maximum absolute atomic E-state index is 13.4. The minimum absolute atomic E-state index is 0.0493. The zero-order chi connectivity index (χ0) is 22.0. The van der Waals surface area contributed by atoms with Crippen LogP contribution in [0.2, 0.25) is 0 Å². The van der Waals surface area contributed by atoms with Crippen molar-refractivity contribution in [3.05, 3.63) is 42.5 Å².